The van der Waals surface area contributed by atoms with Crippen molar-refractivity contribution in [1.29, 1.82) is 0 Å². The third kappa shape index (κ3) is 3.39. The van der Waals surface area contributed by atoms with Gasteiger partial charge in [0.05, 0.1) is 18.2 Å². The molecule has 0 aliphatic carbocycles. The number of hydrogen-bond donors (Lipinski definition) is 0. The van der Waals surface area contributed by atoms with Gasteiger partial charge in [-0.05, 0) is 36.1 Å². The van der Waals surface area contributed by atoms with E-state index in [9.17, 15) is 4.79 Å². The van der Waals surface area contributed by atoms with Crippen LogP contribution in [-0.4, -0.2) is 23.8 Å². The lowest BCUT2D eigenvalue weighted by Gasteiger charge is -2.03. The van der Waals surface area contributed by atoms with Crippen molar-refractivity contribution in [3.63, 3.8) is 0 Å². The van der Waals surface area contributed by atoms with Crippen LogP contribution in [0.3, 0.4) is 0 Å². The highest BCUT2D eigenvalue weighted by Gasteiger charge is 2.09. The van der Waals surface area contributed by atoms with Crippen molar-refractivity contribution >= 4 is 39.2 Å². The number of carbonyl (C=O) groups excluding carboxylic acids is 1. The summed E-state index contributed by atoms with van der Waals surface area (Å²) >= 11 is 3.18. The van der Waals surface area contributed by atoms with Gasteiger partial charge in [-0.15, -0.1) is 11.8 Å². The first-order chi connectivity index (χ1) is 11.6. The SMILES string of the molecule is COc1cccc2sc(=NC(=O)Cc3ccc(SC)cc3)n(C)c12. The molecule has 24 heavy (non-hydrogen) atoms. The molecule has 6 heteroatoms. The zero-order chi connectivity index (χ0) is 17.1. The van der Waals surface area contributed by atoms with Gasteiger partial charge in [0.15, 0.2) is 4.80 Å². The zero-order valence-corrected chi connectivity index (χ0v) is 15.4. The second-order valence-corrected chi connectivity index (χ2v) is 7.17. The number of benzene rings is 2. The summed E-state index contributed by atoms with van der Waals surface area (Å²) in [5, 5.41) is 0. The lowest BCUT2D eigenvalue weighted by Crippen LogP contribution is -2.14. The largest absolute Gasteiger partial charge is 0.495 e. The molecule has 124 valence electrons. The topological polar surface area (TPSA) is 43.6 Å². The highest BCUT2D eigenvalue weighted by atomic mass is 32.2. The molecule has 0 saturated heterocycles. The molecule has 0 aliphatic heterocycles. The van der Waals surface area contributed by atoms with Crippen molar-refractivity contribution in [2.75, 3.05) is 13.4 Å². The fraction of sp³-hybridized carbons (Fsp3) is 0.222. The van der Waals surface area contributed by atoms with E-state index in [1.54, 1.807) is 18.9 Å². The predicted molar refractivity (Wildman–Crippen MR) is 99.8 cm³/mol. The van der Waals surface area contributed by atoms with E-state index in [1.165, 1.54) is 16.2 Å². The van der Waals surface area contributed by atoms with Gasteiger partial charge in [0, 0.05) is 11.9 Å². The van der Waals surface area contributed by atoms with E-state index in [-0.39, 0.29) is 5.91 Å². The van der Waals surface area contributed by atoms with Crippen LogP contribution < -0.4 is 9.54 Å². The summed E-state index contributed by atoms with van der Waals surface area (Å²) in [7, 11) is 3.55. The molecule has 1 aromatic heterocycles. The number of ether oxygens (including phenoxy) is 1. The van der Waals surface area contributed by atoms with Crippen LogP contribution in [0.25, 0.3) is 10.2 Å². The highest BCUT2D eigenvalue weighted by Crippen LogP contribution is 2.26. The number of amides is 1. The van der Waals surface area contributed by atoms with Crippen molar-refractivity contribution in [1.82, 2.24) is 4.57 Å². The van der Waals surface area contributed by atoms with Gasteiger partial charge in [0.2, 0.25) is 0 Å². The number of para-hydroxylation sites is 1. The number of aromatic nitrogens is 1. The summed E-state index contributed by atoms with van der Waals surface area (Å²) in [5.41, 5.74) is 1.93. The van der Waals surface area contributed by atoms with Crippen LogP contribution in [0.1, 0.15) is 5.56 Å². The summed E-state index contributed by atoms with van der Waals surface area (Å²) < 4.78 is 8.36. The number of thiazole rings is 1. The first kappa shape index (κ1) is 16.8. The molecule has 0 radical (unpaired) electrons. The first-order valence-electron chi connectivity index (χ1n) is 7.45. The van der Waals surface area contributed by atoms with Crippen LogP contribution in [-0.2, 0) is 18.3 Å². The summed E-state index contributed by atoms with van der Waals surface area (Å²) in [5.74, 6) is 0.640. The van der Waals surface area contributed by atoms with Gasteiger partial charge >= 0.3 is 0 Å². The smallest absolute Gasteiger partial charge is 0.252 e. The van der Waals surface area contributed by atoms with Crippen molar-refractivity contribution in [2.24, 2.45) is 12.0 Å². The van der Waals surface area contributed by atoms with Gasteiger partial charge in [-0.25, -0.2) is 0 Å². The van der Waals surface area contributed by atoms with E-state index >= 15 is 0 Å². The maximum Gasteiger partial charge on any atom is 0.252 e. The maximum absolute atomic E-state index is 12.3. The molecule has 1 heterocycles. The fourth-order valence-electron chi connectivity index (χ4n) is 2.50. The van der Waals surface area contributed by atoms with E-state index < -0.39 is 0 Å². The summed E-state index contributed by atoms with van der Waals surface area (Å²) in [6, 6.07) is 13.9. The van der Waals surface area contributed by atoms with Crippen molar-refractivity contribution in [3.05, 3.63) is 52.8 Å². The molecule has 0 unspecified atom stereocenters. The molecular weight excluding hydrogens is 340 g/mol. The Labute approximate surface area is 148 Å². The normalized spacial score (nSPS) is 11.9. The Morgan fingerprint density at radius 1 is 1.25 bits per heavy atom. The average Bonchev–Trinajstić information content (AvgIpc) is 2.91. The van der Waals surface area contributed by atoms with Gasteiger partial charge in [-0.2, -0.15) is 4.99 Å². The molecule has 0 bridgehead atoms. The number of aryl methyl sites for hydroxylation is 1. The Bertz CT molecular complexity index is 940. The van der Waals surface area contributed by atoms with E-state index in [0.717, 1.165) is 21.5 Å². The van der Waals surface area contributed by atoms with Crippen LogP contribution >= 0.6 is 23.1 Å². The third-order valence-corrected chi connectivity index (χ3v) is 5.58. The van der Waals surface area contributed by atoms with E-state index in [1.807, 2.05) is 60.3 Å². The number of nitrogens with zero attached hydrogens (tertiary/aromatic N) is 2. The number of hydrogen-bond acceptors (Lipinski definition) is 4. The molecule has 3 rings (SSSR count). The van der Waals surface area contributed by atoms with E-state index in [0.29, 0.717) is 11.2 Å². The monoisotopic (exact) mass is 358 g/mol. The van der Waals surface area contributed by atoms with Crippen LogP contribution in [0.4, 0.5) is 0 Å². The Balaban J connectivity index is 1.91. The highest BCUT2D eigenvalue weighted by molar-refractivity contribution is 7.98. The van der Waals surface area contributed by atoms with Crippen molar-refractivity contribution in [2.45, 2.75) is 11.3 Å². The Hall–Kier alpha value is -2.05. The third-order valence-electron chi connectivity index (χ3n) is 3.74. The molecule has 2 aromatic carbocycles. The van der Waals surface area contributed by atoms with Crippen LogP contribution in [0.15, 0.2) is 52.4 Å². The molecular formula is C18H18N2O2S2. The minimum atomic E-state index is -0.145. The summed E-state index contributed by atoms with van der Waals surface area (Å²) in [6.45, 7) is 0. The van der Waals surface area contributed by atoms with Gasteiger partial charge in [0.1, 0.15) is 11.3 Å². The molecule has 0 N–H and O–H groups in total. The van der Waals surface area contributed by atoms with Crippen LogP contribution in [0.5, 0.6) is 5.75 Å². The lowest BCUT2D eigenvalue weighted by molar-refractivity contribution is -0.117. The van der Waals surface area contributed by atoms with Gasteiger partial charge in [0.25, 0.3) is 5.91 Å². The number of carbonyl (C=O) groups is 1. The minimum absolute atomic E-state index is 0.145. The molecule has 4 nitrogen and oxygen atoms in total. The molecule has 0 spiro atoms. The van der Waals surface area contributed by atoms with E-state index in [4.69, 9.17) is 4.74 Å². The van der Waals surface area contributed by atoms with Gasteiger partial charge in [-0.3, -0.25) is 4.79 Å². The Kier molecular flexibility index (Phi) is 5.06. The molecule has 0 aliphatic rings. The standard InChI is InChI=1S/C18H18N2O2S2/c1-20-17-14(22-2)5-4-6-15(17)24-18(20)19-16(21)11-12-7-9-13(23-3)10-8-12/h4-10H,11H2,1-3H3. The van der Waals surface area contributed by atoms with Gasteiger partial charge < -0.3 is 9.30 Å². The molecule has 0 fully saturated rings. The summed E-state index contributed by atoms with van der Waals surface area (Å²) in [6.07, 6.45) is 2.34. The quantitative estimate of drug-likeness (QED) is 0.669. The fourth-order valence-corrected chi connectivity index (χ4v) is 3.97. The predicted octanol–water partition coefficient (Wildman–Crippen LogP) is 3.64. The summed E-state index contributed by atoms with van der Waals surface area (Å²) in [4.78, 5) is 18.5. The van der Waals surface area contributed by atoms with Crippen molar-refractivity contribution in [3.8, 4) is 5.75 Å². The number of methoxy groups -OCH3 is 1. The first-order valence-corrected chi connectivity index (χ1v) is 9.49. The van der Waals surface area contributed by atoms with Gasteiger partial charge in [-0.1, -0.05) is 29.5 Å². The molecule has 1 amide bonds. The Morgan fingerprint density at radius 3 is 2.67 bits per heavy atom. The number of thioether (sulfide) groups is 1. The minimum Gasteiger partial charge on any atom is -0.495 e. The average molecular weight is 358 g/mol. The number of fused-ring (bicyclic) bond motifs is 1. The van der Waals surface area contributed by atoms with E-state index in [2.05, 4.69) is 4.99 Å². The molecule has 3 aromatic rings. The second-order valence-electron chi connectivity index (χ2n) is 5.28. The van der Waals surface area contributed by atoms with Crippen LogP contribution in [0, 0.1) is 0 Å². The second kappa shape index (κ2) is 7.23. The lowest BCUT2D eigenvalue weighted by atomic mass is 10.1. The van der Waals surface area contributed by atoms with Crippen molar-refractivity contribution < 1.29 is 9.53 Å². The maximum atomic E-state index is 12.3. The zero-order valence-electron chi connectivity index (χ0n) is 13.8. The molecule has 0 saturated carbocycles. The van der Waals surface area contributed by atoms with Crippen LogP contribution in [0.2, 0.25) is 0 Å². The molecule has 0 atom stereocenters. The number of rotatable bonds is 4. The Morgan fingerprint density at radius 2 is 2.00 bits per heavy atom.